The standard InChI is InChI=1S/C15H31NO/c1-3-4-5-6-7-8-9-10-14(16)15(17-2)13-11-12-13/h13-15H,3-12,16H2,1-2H3. The zero-order valence-electron chi connectivity index (χ0n) is 11.8. The summed E-state index contributed by atoms with van der Waals surface area (Å²) in [6, 6.07) is 0.267. The maximum absolute atomic E-state index is 6.21. The summed E-state index contributed by atoms with van der Waals surface area (Å²) in [5.74, 6) is 0.763. The topological polar surface area (TPSA) is 35.2 Å². The van der Waals surface area contributed by atoms with E-state index in [9.17, 15) is 0 Å². The summed E-state index contributed by atoms with van der Waals surface area (Å²) in [6.45, 7) is 2.27. The Balaban J connectivity index is 1.94. The molecule has 1 rings (SSSR count). The Morgan fingerprint density at radius 1 is 1.06 bits per heavy atom. The zero-order valence-corrected chi connectivity index (χ0v) is 11.8. The Labute approximate surface area is 107 Å². The molecule has 0 saturated heterocycles. The first-order valence-electron chi connectivity index (χ1n) is 7.58. The van der Waals surface area contributed by atoms with Gasteiger partial charge in [-0.05, 0) is 25.2 Å². The molecule has 2 nitrogen and oxygen atoms in total. The molecule has 0 radical (unpaired) electrons. The van der Waals surface area contributed by atoms with E-state index >= 15 is 0 Å². The van der Waals surface area contributed by atoms with Crippen LogP contribution in [-0.4, -0.2) is 19.3 Å². The molecule has 0 amide bonds. The highest BCUT2D eigenvalue weighted by molar-refractivity contribution is 4.88. The highest BCUT2D eigenvalue weighted by Crippen LogP contribution is 2.35. The quantitative estimate of drug-likeness (QED) is 0.557. The average Bonchev–Trinajstić information content (AvgIpc) is 3.13. The number of methoxy groups -OCH3 is 1. The summed E-state index contributed by atoms with van der Waals surface area (Å²) in [5, 5.41) is 0. The minimum absolute atomic E-state index is 0.267. The molecule has 0 aliphatic heterocycles. The van der Waals surface area contributed by atoms with E-state index in [1.54, 1.807) is 0 Å². The Morgan fingerprint density at radius 2 is 1.65 bits per heavy atom. The summed E-state index contributed by atoms with van der Waals surface area (Å²) < 4.78 is 5.52. The molecule has 0 aromatic carbocycles. The molecule has 0 aromatic heterocycles. The van der Waals surface area contributed by atoms with Gasteiger partial charge in [-0.2, -0.15) is 0 Å². The van der Waals surface area contributed by atoms with Gasteiger partial charge in [0.1, 0.15) is 0 Å². The third kappa shape index (κ3) is 6.42. The number of nitrogens with two attached hydrogens (primary N) is 1. The molecule has 1 saturated carbocycles. The van der Waals surface area contributed by atoms with Gasteiger partial charge in [-0.15, -0.1) is 0 Å². The molecule has 0 bridgehead atoms. The van der Waals surface area contributed by atoms with E-state index < -0.39 is 0 Å². The van der Waals surface area contributed by atoms with Gasteiger partial charge in [0, 0.05) is 13.2 Å². The largest absolute Gasteiger partial charge is 0.380 e. The van der Waals surface area contributed by atoms with Gasteiger partial charge >= 0.3 is 0 Å². The van der Waals surface area contributed by atoms with Crippen molar-refractivity contribution < 1.29 is 4.74 Å². The Hall–Kier alpha value is -0.0800. The summed E-state index contributed by atoms with van der Waals surface area (Å²) >= 11 is 0. The van der Waals surface area contributed by atoms with E-state index in [0.717, 1.165) is 12.3 Å². The van der Waals surface area contributed by atoms with Crippen LogP contribution in [0.4, 0.5) is 0 Å². The van der Waals surface area contributed by atoms with E-state index in [2.05, 4.69) is 6.92 Å². The van der Waals surface area contributed by atoms with E-state index in [1.165, 1.54) is 57.8 Å². The number of hydrogen-bond donors (Lipinski definition) is 1. The lowest BCUT2D eigenvalue weighted by Gasteiger charge is -2.22. The normalized spacial score (nSPS) is 19.2. The van der Waals surface area contributed by atoms with Crippen molar-refractivity contribution in [2.24, 2.45) is 11.7 Å². The maximum atomic E-state index is 6.21. The number of unbranched alkanes of at least 4 members (excludes halogenated alkanes) is 6. The molecule has 2 unspecified atom stereocenters. The average molecular weight is 241 g/mol. The first kappa shape index (κ1) is 15.0. The maximum Gasteiger partial charge on any atom is 0.0750 e. The highest BCUT2D eigenvalue weighted by Gasteiger charge is 2.34. The molecular weight excluding hydrogens is 210 g/mol. The van der Waals surface area contributed by atoms with Crippen LogP contribution in [0.25, 0.3) is 0 Å². The zero-order chi connectivity index (χ0) is 12.5. The number of rotatable bonds is 11. The van der Waals surface area contributed by atoms with Gasteiger partial charge in [-0.1, -0.05) is 51.9 Å². The molecule has 1 aliphatic rings. The third-order valence-electron chi connectivity index (χ3n) is 3.92. The smallest absolute Gasteiger partial charge is 0.0750 e. The lowest BCUT2D eigenvalue weighted by molar-refractivity contribution is 0.0595. The molecule has 0 aromatic rings. The fourth-order valence-electron chi connectivity index (χ4n) is 2.64. The van der Waals surface area contributed by atoms with Crippen molar-refractivity contribution >= 4 is 0 Å². The summed E-state index contributed by atoms with van der Waals surface area (Å²) in [4.78, 5) is 0. The first-order valence-corrected chi connectivity index (χ1v) is 7.58. The van der Waals surface area contributed by atoms with E-state index in [1.807, 2.05) is 7.11 Å². The van der Waals surface area contributed by atoms with Crippen molar-refractivity contribution in [1.82, 2.24) is 0 Å². The van der Waals surface area contributed by atoms with Crippen molar-refractivity contribution in [2.45, 2.75) is 83.3 Å². The summed E-state index contributed by atoms with van der Waals surface area (Å²) in [7, 11) is 1.81. The van der Waals surface area contributed by atoms with Gasteiger partial charge in [-0.25, -0.2) is 0 Å². The Kier molecular flexibility index (Phi) is 7.87. The van der Waals surface area contributed by atoms with Crippen molar-refractivity contribution in [1.29, 1.82) is 0 Å². The predicted octanol–water partition coefficient (Wildman–Crippen LogP) is 3.88. The summed E-state index contributed by atoms with van der Waals surface area (Å²) in [5.41, 5.74) is 6.21. The monoisotopic (exact) mass is 241 g/mol. The predicted molar refractivity (Wildman–Crippen MR) is 74.1 cm³/mol. The minimum Gasteiger partial charge on any atom is -0.380 e. The van der Waals surface area contributed by atoms with E-state index in [4.69, 9.17) is 10.5 Å². The second-order valence-electron chi connectivity index (χ2n) is 5.61. The van der Waals surface area contributed by atoms with Crippen molar-refractivity contribution in [3.05, 3.63) is 0 Å². The lowest BCUT2D eigenvalue weighted by atomic mass is 9.99. The minimum atomic E-state index is 0.267. The van der Waals surface area contributed by atoms with Crippen LogP contribution >= 0.6 is 0 Å². The van der Waals surface area contributed by atoms with Gasteiger partial charge in [0.05, 0.1) is 6.10 Å². The molecule has 1 fully saturated rings. The van der Waals surface area contributed by atoms with Crippen LogP contribution in [0.1, 0.15) is 71.1 Å². The van der Waals surface area contributed by atoms with E-state index in [-0.39, 0.29) is 6.04 Å². The lowest BCUT2D eigenvalue weighted by Crippen LogP contribution is -2.37. The molecular formula is C15H31NO. The van der Waals surface area contributed by atoms with Gasteiger partial charge in [0.15, 0.2) is 0 Å². The van der Waals surface area contributed by atoms with Gasteiger partial charge in [-0.3, -0.25) is 0 Å². The van der Waals surface area contributed by atoms with Gasteiger partial charge in [0.2, 0.25) is 0 Å². The fourth-order valence-corrected chi connectivity index (χ4v) is 2.64. The molecule has 17 heavy (non-hydrogen) atoms. The van der Waals surface area contributed by atoms with Crippen molar-refractivity contribution in [3.8, 4) is 0 Å². The number of ether oxygens (including phenoxy) is 1. The number of hydrogen-bond acceptors (Lipinski definition) is 2. The second kappa shape index (κ2) is 8.93. The van der Waals surface area contributed by atoms with E-state index in [0.29, 0.717) is 6.10 Å². The molecule has 102 valence electrons. The van der Waals surface area contributed by atoms with Crippen LogP contribution in [0, 0.1) is 5.92 Å². The third-order valence-corrected chi connectivity index (χ3v) is 3.92. The van der Waals surface area contributed by atoms with Crippen molar-refractivity contribution in [3.63, 3.8) is 0 Å². The van der Waals surface area contributed by atoms with Crippen LogP contribution in [0.2, 0.25) is 0 Å². The van der Waals surface area contributed by atoms with Crippen molar-refractivity contribution in [2.75, 3.05) is 7.11 Å². The van der Waals surface area contributed by atoms with Crippen LogP contribution < -0.4 is 5.73 Å². The molecule has 0 heterocycles. The Bertz CT molecular complexity index is 180. The molecule has 2 atom stereocenters. The van der Waals surface area contributed by atoms with Crippen LogP contribution in [0.15, 0.2) is 0 Å². The second-order valence-corrected chi connectivity index (χ2v) is 5.61. The molecule has 0 spiro atoms. The SMILES string of the molecule is CCCCCCCCCC(N)C(OC)C1CC1. The Morgan fingerprint density at radius 3 is 2.18 bits per heavy atom. The molecule has 2 N–H and O–H groups in total. The van der Waals surface area contributed by atoms with Crippen LogP contribution in [0.5, 0.6) is 0 Å². The van der Waals surface area contributed by atoms with Crippen LogP contribution in [0.3, 0.4) is 0 Å². The summed E-state index contributed by atoms with van der Waals surface area (Å²) in [6.07, 6.45) is 13.7. The van der Waals surface area contributed by atoms with Gasteiger partial charge < -0.3 is 10.5 Å². The molecule has 1 aliphatic carbocycles. The first-order chi connectivity index (χ1) is 8.29. The highest BCUT2D eigenvalue weighted by atomic mass is 16.5. The van der Waals surface area contributed by atoms with Gasteiger partial charge in [0.25, 0.3) is 0 Å². The fraction of sp³-hybridized carbons (Fsp3) is 1.00. The molecule has 2 heteroatoms. The van der Waals surface area contributed by atoms with Crippen LogP contribution in [-0.2, 0) is 4.74 Å².